The van der Waals surface area contributed by atoms with Crippen LogP contribution >= 0.6 is 7.37 Å². The number of hydrogen-bond acceptors (Lipinski definition) is 1. The monoisotopic (exact) mass is 232 g/mol. The molecule has 0 spiro atoms. The van der Waals surface area contributed by atoms with Crippen LogP contribution in [0.2, 0.25) is 0 Å². The highest BCUT2D eigenvalue weighted by Gasteiger charge is 2.24. The van der Waals surface area contributed by atoms with Crippen LogP contribution < -0.4 is 5.30 Å². The van der Waals surface area contributed by atoms with Gasteiger partial charge in [-0.2, -0.15) is 0 Å². The van der Waals surface area contributed by atoms with Gasteiger partial charge in [0.25, 0.3) is 7.37 Å². The van der Waals surface area contributed by atoms with Crippen molar-refractivity contribution in [2.24, 2.45) is 0 Å². The minimum Gasteiger partial charge on any atom is -0.338 e. The van der Waals surface area contributed by atoms with Crippen LogP contribution in [0, 0.1) is 0 Å². The number of allylic oxidation sites excluding steroid dienone is 6. The van der Waals surface area contributed by atoms with E-state index in [2.05, 4.69) is 0 Å². The first-order valence-electron chi connectivity index (χ1n) is 5.13. The summed E-state index contributed by atoms with van der Waals surface area (Å²) in [4.78, 5) is 10.1. The van der Waals surface area contributed by atoms with E-state index in [1.165, 1.54) is 0 Å². The molecule has 82 valence electrons. The summed E-state index contributed by atoms with van der Waals surface area (Å²) in [5.41, 5.74) is 0. The summed E-state index contributed by atoms with van der Waals surface area (Å²) >= 11 is 0. The number of hydrogen-bond donors (Lipinski definition) is 1. The standard InChI is InChI=1S/C13H13O2P/c14-16(15,13-10-6-3-7-11-13)12-8-4-1-2-5-9-12/h1-4,6-11H,5H2,(H,14,15). The van der Waals surface area contributed by atoms with Crippen LogP contribution in [0.3, 0.4) is 0 Å². The normalized spacial score (nSPS) is 18.7. The molecule has 1 atom stereocenters. The van der Waals surface area contributed by atoms with Crippen molar-refractivity contribution in [2.75, 3.05) is 0 Å². The Bertz CT molecular complexity index is 498. The van der Waals surface area contributed by atoms with Crippen molar-refractivity contribution in [1.82, 2.24) is 0 Å². The third kappa shape index (κ3) is 2.24. The van der Waals surface area contributed by atoms with Gasteiger partial charge in [0.1, 0.15) is 0 Å². The lowest BCUT2D eigenvalue weighted by molar-refractivity contribution is 0.498. The summed E-state index contributed by atoms with van der Waals surface area (Å²) in [5.74, 6) is 0. The fourth-order valence-corrected chi connectivity index (χ4v) is 3.09. The molecule has 1 aromatic carbocycles. The van der Waals surface area contributed by atoms with Gasteiger partial charge in [0.15, 0.2) is 0 Å². The second-order valence-corrected chi connectivity index (χ2v) is 5.75. The number of benzene rings is 1. The van der Waals surface area contributed by atoms with Crippen molar-refractivity contribution in [2.45, 2.75) is 6.42 Å². The van der Waals surface area contributed by atoms with Crippen molar-refractivity contribution in [3.63, 3.8) is 0 Å². The molecule has 1 aromatic rings. The van der Waals surface area contributed by atoms with E-state index in [-0.39, 0.29) is 0 Å². The Labute approximate surface area is 95.1 Å². The minimum absolute atomic E-state index is 0.479. The molecule has 0 heterocycles. The fourth-order valence-electron chi connectivity index (χ4n) is 1.57. The lowest BCUT2D eigenvalue weighted by atomic mass is 10.4. The molecule has 0 saturated heterocycles. The van der Waals surface area contributed by atoms with Crippen LogP contribution in [0.1, 0.15) is 6.42 Å². The quantitative estimate of drug-likeness (QED) is 0.796. The molecule has 0 bridgehead atoms. The van der Waals surface area contributed by atoms with Gasteiger partial charge >= 0.3 is 0 Å². The zero-order valence-electron chi connectivity index (χ0n) is 8.78. The van der Waals surface area contributed by atoms with Gasteiger partial charge in [-0.25, -0.2) is 0 Å². The summed E-state index contributed by atoms with van der Waals surface area (Å²) in [6.45, 7) is 0. The fraction of sp³-hybridized carbons (Fsp3) is 0.0769. The summed E-state index contributed by atoms with van der Waals surface area (Å²) in [5, 5.41) is 0.983. The molecule has 0 aromatic heterocycles. The molecular formula is C13H13O2P. The van der Waals surface area contributed by atoms with Gasteiger partial charge in [-0.15, -0.1) is 0 Å². The van der Waals surface area contributed by atoms with E-state index in [4.69, 9.17) is 0 Å². The van der Waals surface area contributed by atoms with E-state index in [0.717, 1.165) is 0 Å². The Morgan fingerprint density at radius 3 is 2.62 bits per heavy atom. The second-order valence-electron chi connectivity index (χ2n) is 3.56. The molecular weight excluding hydrogens is 219 g/mol. The van der Waals surface area contributed by atoms with Crippen molar-refractivity contribution in [3.05, 3.63) is 66.0 Å². The second kappa shape index (κ2) is 4.65. The molecule has 1 unspecified atom stereocenters. The topological polar surface area (TPSA) is 37.3 Å². The van der Waals surface area contributed by atoms with Gasteiger partial charge in [0, 0.05) is 10.6 Å². The Balaban J connectivity index is 2.40. The van der Waals surface area contributed by atoms with Crippen LogP contribution in [-0.2, 0) is 4.57 Å². The SMILES string of the molecule is O=P(O)(C1=CCC=CC=C1)c1ccccc1. The minimum atomic E-state index is -3.41. The van der Waals surface area contributed by atoms with Gasteiger partial charge in [0.05, 0.1) is 0 Å². The van der Waals surface area contributed by atoms with Crippen molar-refractivity contribution < 1.29 is 9.46 Å². The van der Waals surface area contributed by atoms with Gasteiger partial charge in [-0.3, -0.25) is 4.57 Å². The molecule has 0 fully saturated rings. The van der Waals surface area contributed by atoms with Crippen LogP contribution in [0.25, 0.3) is 0 Å². The first kappa shape index (κ1) is 11.1. The zero-order chi connectivity index (χ0) is 11.4. The predicted molar refractivity (Wildman–Crippen MR) is 66.9 cm³/mol. The molecule has 2 nitrogen and oxygen atoms in total. The highest BCUT2D eigenvalue weighted by molar-refractivity contribution is 7.70. The molecule has 0 amide bonds. The van der Waals surface area contributed by atoms with E-state index in [0.29, 0.717) is 17.0 Å². The molecule has 2 rings (SSSR count). The van der Waals surface area contributed by atoms with E-state index in [9.17, 15) is 9.46 Å². The maximum Gasteiger partial charge on any atom is 0.258 e. The van der Waals surface area contributed by atoms with Gasteiger partial charge < -0.3 is 4.89 Å². The largest absolute Gasteiger partial charge is 0.338 e. The number of rotatable bonds is 2. The lowest BCUT2D eigenvalue weighted by Gasteiger charge is -2.12. The van der Waals surface area contributed by atoms with E-state index in [1.54, 1.807) is 42.5 Å². The van der Waals surface area contributed by atoms with Crippen LogP contribution in [-0.4, -0.2) is 4.89 Å². The maximum absolute atomic E-state index is 12.3. The predicted octanol–water partition coefficient (Wildman–Crippen LogP) is 2.98. The lowest BCUT2D eigenvalue weighted by Crippen LogP contribution is -2.04. The Hall–Kier alpha value is -1.37. The van der Waals surface area contributed by atoms with Crippen molar-refractivity contribution in [3.8, 4) is 0 Å². The molecule has 1 aliphatic rings. The first-order chi connectivity index (χ1) is 7.71. The molecule has 0 aliphatic heterocycles. The maximum atomic E-state index is 12.3. The van der Waals surface area contributed by atoms with Gasteiger partial charge in [-0.1, -0.05) is 42.5 Å². The molecule has 1 N–H and O–H groups in total. The third-order valence-electron chi connectivity index (χ3n) is 2.43. The average Bonchev–Trinajstić information content (AvgIpc) is 2.59. The Morgan fingerprint density at radius 2 is 1.88 bits per heavy atom. The van der Waals surface area contributed by atoms with Gasteiger partial charge in [-0.05, 0) is 24.6 Å². The third-order valence-corrected chi connectivity index (χ3v) is 4.46. The first-order valence-corrected chi connectivity index (χ1v) is 6.79. The molecule has 16 heavy (non-hydrogen) atoms. The molecule has 3 heteroatoms. The smallest absolute Gasteiger partial charge is 0.258 e. The van der Waals surface area contributed by atoms with E-state index >= 15 is 0 Å². The summed E-state index contributed by atoms with van der Waals surface area (Å²) < 4.78 is 12.3. The van der Waals surface area contributed by atoms with Crippen molar-refractivity contribution in [1.29, 1.82) is 0 Å². The Morgan fingerprint density at radius 1 is 1.12 bits per heavy atom. The Kier molecular flexibility index (Phi) is 3.23. The highest BCUT2D eigenvalue weighted by Crippen LogP contribution is 2.49. The van der Waals surface area contributed by atoms with Crippen LogP contribution in [0.15, 0.2) is 66.0 Å². The summed E-state index contributed by atoms with van der Waals surface area (Å²) in [6, 6.07) is 8.76. The zero-order valence-corrected chi connectivity index (χ0v) is 9.68. The van der Waals surface area contributed by atoms with Gasteiger partial charge in [0.2, 0.25) is 0 Å². The van der Waals surface area contributed by atoms with Crippen LogP contribution in [0.5, 0.6) is 0 Å². The summed E-state index contributed by atoms with van der Waals surface area (Å²) in [6.07, 6.45) is 9.83. The molecule has 0 saturated carbocycles. The molecule has 0 radical (unpaired) electrons. The van der Waals surface area contributed by atoms with E-state index < -0.39 is 7.37 Å². The van der Waals surface area contributed by atoms with Crippen molar-refractivity contribution >= 4 is 12.7 Å². The summed E-state index contributed by atoms with van der Waals surface area (Å²) in [7, 11) is -3.41. The highest BCUT2D eigenvalue weighted by atomic mass is 31.2. The molecule has 1 aliphatic carbocycles. The van der Waals surface area contributed by atoms with E-state index in [1.807, 2.05) is 18.2 Å². The average molecular weight is 232 g/mol. The van der Waals surface area contributed by atoms with Crippen LogP contribution in [0.4, 0.5) is 0 Å².